The smallest absolute Gasteiger partial charge is 0.322 e. The highest BCUT2D eigenvalue weighted by Gasteiger charge is 2.44. The molecule has 23 heavy (non-hydrogen) atoms. The summed E-state index contributed by atoms with van der Waals surface area (Å²) in [5.74, 6) is -1.65. The first-order valence-corrected chi connectivity index (χ1v) is 7.37. The van der Waals surface area contributed by atoms with E-state index in [9.17, 15) is 14.4 Å². The maximum atomic E-state index is 12.4. The highest BCUT2D eigenvalue weighted by atomic mass is 16.5. The second-order valence-electron chi connectivity index (χ2n) is 5.67. The molecule has 1 aliphatic rings. The number of hydrogen-bond donors (Lipinski definition) is 3. The van der Waals surface area contributed by atoms with E-state index in [1.807, 2.05) is 0 Å². The molecule has 0 atom stereocenters. The quantitative estimate of drug-likeness (QED) is 0.701. The molecule has 0 unspecified atom stereocenters. The molecule has 1 aliphatic carbocycles. The lowest BCUT2D eigenvalue weighted by Gasteiger charge is -2.39. The largest absolute Gasteiger partial charge is 0.480 e. The van der Waals surface area contributed by atoms with Crippen LogP contribution in [0.15, 0.2) is 24.3 Å². The summed E-state index contributed by atoms with van der Waals surface area (Å²) >= 11 is 0. The molecule has 0 aliphatic heterocycles. The third kappa shape index (κ3) is 4.07. The van der Waals surface area contributed by atoms with Gasteiger partial charge >= 0.3 is 5.97 Å². The predicted octanol–water partition coefficient (Wildman–Crippen LogP) is 1.26. The van der Waals surface area contributed by atoms with Crippen LogP contribution in [-0.2, 0) is 14.3 Å². The van der Waals surface area contributed by atoms with Crippen LogP contribution in [0, 0.1) is 5.41 Å². The minimum atomic E-state index is -1.11. The minimum Gasteiger partial charge on any atom is -0.480 e. The first-order chi connectivity index (χ1) is 11.0. The third-order valence-corrected chi connectivity index (χ3v) is 4.02. The van der Waals surface area contributed by atoms with Gasteiger partial charge in [0.05, 0.1) is 12.0 Å². The molecule has 0 aromatic heterocycles. The van der Waals surface area contributed by atoms with Crippen molar-refractivity contribution in [1.29, 1.82) is 0 Å². The Morgan fingerprint density at radius 2 is 1.87 bits per heavy atom. The van der Waals surface area contributed by atoms with E-state index in [4.69, 9.17) is 9.84 Å². The van der Waals surface area contributed by atoms with Crippen molar-refractivity contribution < 1.29 is 24.2 Å². The third-order valence-electron chi connectivity index (χ3n) is 4.02. The van der Waals surface area contributed by atoms with Gasteiger partial charge in [0, 0.05) is 18.4 Å². The predicted molar refractivity (Wildman–Crippen MR) is 83.2 cm³/mol. The Kier molecular flexibility index (Phi) is 5.33. The summed E-state index contributed by atoms with van der Waals surface area (Å²) in [5.41, 5.74) is 0.471. The average Bonchev–Trinajstić information content (AvgIpc) is 2.49. The van der Waals surface area contributed by atoms with E-state index in [-0.39, 0.29) is 5.91 Å². The molecule has 0 bridgehead atoms. The van der Waals surface area contributed by atoms with Crippen LogP contribution < -0.4 is 10.6 Å². The monoisotopic (exact) mass is 320 g/mol. The molecular formula is C16H20N2O5. The van der Waals surface area contributed by atoms with Gasteiger partial charge in [0.25, 0.3) is 5.91 Å². The summed E-state index contributed by atoms with van der Waals surface area (Å²) in [6.45, 7) is -0.0363. The second-order valence-corrected chi connectivity index (χ2v) is 5.67. The second kappa shape index (κ2) is 7.23. The van der Waals surface area contributed by atoms with E-state index in [1.54, 1.807) is 19.2 Å². The summed E-state index contributed by atoms with van der Waals surface area (Å²) in [6, 6.07) is 6.31. The SMILES string of the molecule is COCC1(C(=O)Nc2ccc(C(=O)NCC(=O)O)cc2)CCC1. The number of hydrogen-bond acceptors (Lipinski definition) is 4. The number of rotatable bonds is 7. The molecule has 1 fully saturated rings. The Hall–Kier alpha value is -2.41. The lowest BCUT2D eigenvalue weighted by molar-refractivity contribution is -0.136. The molecule has 0 spiro atoms. The number of methoxy groups -OCH3 is 1. The Morgan fingerprint density at radius 3 is 2.35 bits per heavy atom. The molecule has 0 saturated heterocycles. The molecule has 7 heteroatoms. The van der Waals surface area contributed by atoms with E-state index in [1.165, 1.54) is 12.1 Å². The van der Waals surface area contributed by atoms with Gasteiger partial charge in [0.2, 0.25) is 5.91 Å². The van der Waals surface area contributed by atoms with Crippen LogP contribution >= 0.6 is 0 Å². The number of carbonyl (C=O) groups is 3. The zero-order valence-electron chi connectivity index (χ0n) is 12.9. The standard InChI is InChI=1S/C16H20N2O5/c1-23-10-16(7-2-8-16)15(22)18-12-5-3-11(4-6-12)14(21)17-9-13(19)20/h3-6H,2,7-10H2,1H3,(H,17,21)(H,18,22)(H,19,20). The lowest BCUT2D eigenvalue weighted by atomic mass is 9.68. The maximum Gasteiger partial charge on any atom is 0.322 e. The number of carboxylic acids is 1. The van der Waals surface area contributed by atoms with Gasteiger partial charge in [-0.3, -0.25) is 14.4 Å². The van der Waals surface area contributed by atoms with E-state index in [2.05, 4.69) is 10.6 Å². The highest BCUT2D eigenvalue weighted by molar-refractivity contribution is 5.98. The van der Waals surface area contributed by atoms with Gasteiger partial charge in [-0.05, 0) is 37.1 Å². The summed E-state index contributed by atoms with van der Waals surface area (Å²) in [4.78, 5) is 34.5. The first-order valence-electron chi connectivity index (χ1n) is 7.37. The number of ether oxygens (including phenoxy) is 1. The van der Waals surface area contributed by atoms with Crippen LogP contribution in [0.4, 0.5) is 5.69 Å². The van der Waals surface area contributed by atoms with E-state index >= 15 is 0 Å². The number of carbonyl (C=O) groups excluding carboxylic acids is 2. The number of benzene rings is 1. The zero-order valence-corrected chi connectivity index (χ0v) is 12.9. The van der Waals surface area contributed by atoms with Crippen LogP contribution in [0.1, 0.15) is 29.6 Å². The number of carboxylic acid groups (broad SMARTS) is 1. The van der Waals surface area contributed by atoms with Crippen molar-refractivity contribution in [3.63, 3.8) is 0 Å². The number of anilines is 1. The molecular weight excluding hydrogens is 300 g/mol. The summed E-state index contributed by atoms with van der Waals surface area (Å²) in [6.07, 6.45) is 2.63. The molecule has 0 heterocycles. The van der Waals surface area contributed by atoms with Gasteiger partial charge in [0.1, 0.15) is 6.54 Å². The van der Waals surface area contributed by atoms with Crippen molar-refractivity contribution in [2.24, 2.45) is 5.41 Å². The average molecular weight is 320 g/mol. The summed E-state index contributed by atoms with van der Waals surface area (Å²) < 4.78 is 5.14. The molecule has 0 radical (unpaired) electrons. The molecule has 1 aromatic carbocycles. The van der Waals surface area contributed by atoms with Gasteiger partial charge in [-0.15, -0.1) is 0 Å². The normalized spacial score (nSPS) is 15.3. The van der Waals surface area contributed by atoms with Crippen molar-refractivity contribution in [2.45, 2.75) is 19.3 Å². The van der Waals surface area contributed by atoms with E-state index < -0.39 is 23.8 Å². The molecule has 7 nitrogen and oxygen atoms in total. The molecule has 124 valence electrons. The minimum absolute atomic E-state index is 0.0753. The Bertz CT molecular complexity index is 593. The van der Waals surface area contributed by atoms with Crippen LogP contribution in [0.25, 0.3) is 0 Å². The van der Waals surface area contributed by atoms with Gasteiger partial charge in [-0.1, -0.05) is 6.42 Å². The van der Waals surface area contributed by atoms with E-state index in [0.29, 0.717) is 17.9 Å². The molecule has 2 rings (SSSR count). The zero-order chi connectivity index (χ0) is 16.9. The Labute approximate surface area is 134 Å². The summed E-state index contributed by atoms with van der Waals surface area (Å²) in [7, 11) is 1.58. The maximum absolute atomic E-state index is 12.4. The van der Waals surface area contributed by atoms with Gasteiger partial charge in [-0.2, -0.15) is 0 Å². The van der Waals surface area contributed by atoms with Crippen molar-refractivity contribution in [1.82, 2.24) is 5.32 Å². The first kappa shape index (κ1) is 17.0. The molecule has 1 saturated carbocycles. The van der Waals surface area contributed by atoms with E-state index in [0.717, 1.165) is 19.3 Å². The fourth-order valence-corrected chi connectivity index (χ4v) is 2.54. The Morgan fingerprint density at radius 1 is 1.22 bits per heavy atom. The molecule has 1 aromatic rings. The Balaban J connectivity index is 1.96. The van der Waals surface area contributed by atoms with Crippen LogP contribution in [0.3, 0.4) is 0 Å². The molecule has 3 N–H and O–H groups in total. The fourth-order valence-electron chi connectivity index (χ4n) is 2.54. The van der Waals surface area contributed by atoms with Crippen molar-refractivity contribution in [3.05, 3.63) is 29.8 Å². The number of aliphatic carboxylic acids is 1. The summed E-state index contributed by atoms with van der Waals surface area (Å²) in [5, 5.41) is 13.6. The van der Waals surface area contributed by atoms with Crippen LogP contribution in [0.5, 0.6) is 0 Å². The van der Waals surface area contributed by atoms with Crippen molar-refractivity contribution in [2.75, 3.05) is 25.6 Å². The fraction of sp³-hybridized carbons (Fsp3) is 0.438. The van der Waals surface area contributed by atoms with Gasteiger partial charge in [-0.25, -0.2) is 0 Å². The number of nitrogens with one attached hydrogen (secondary N) is 2. The van der Waals surface area contributed by atoms with Crippen molar-refractivity contribution >= 4 is 23.5 Å². The van der Waals surface area contributed by atoms with Gasteiger partial charge in [0.15, 0.2) is 0 Å². The number of amides is 2. The lowest BCUT2D eigenvalue weighted by Crippen LogP contribution is -2.45. The van der Waals surface area contributed by atoms with Crippen molar-refractivity contribution in [3.8, 4) is 0 Å². The van der Waals surface area contributed by atoms with Crippen LogP contribution in [0.2, 0.25) is 0 Å². The van der Waals surface area contributed by atoms with Gasteiger partial charge < -0.3 is 20.5 Å². The molecule has 2 amide bonds. The highest BCUT2D eigenvalue weighted by Crippen LogP contribution is 2.42. The van der Waals surface area contributed by atoms with Crippen LogP contribution in [-0.4, -0.2) is 43.2 Å². The topological polar surface area (TPSA) is 105 Å².